The van der Waals surface area contributed by atoms with Crippen LogP contribution in [0.25, 0.3) is 0 Å². The van der Waals surface area contributed by atoms with Gasteiger partial charge in [0.25, 0.3) is 0 Å². The summed E-state index contributed by atoms with van der Waals surface area (Å²) < 4.78 is 14.4. The van der Waals surface area contributed by atoms with E-state index < -0.39 is 13.7 Å². The van der Waals surface area contributed by atoms with Crippen molar-refractivity contribution in [2.45, 2.75) is 65.8 Å². The summed E-state index contributed by atoms with van der Waals surface area (Å²) in [7, 11) is -0.623. The van der Waals surface area contributed by atoms with E-state index in [-0.39, 0.29) is 17.1 Å². The Hall–Kier alpha value is -0.323. The highest BCUT2D eigenvalue weighted by Crippen LogP contribution is 2.41. The van der Waals surface area contributed by atoms with Crippen molar-refractivity contribution in [2.75, 3.05) is 7.11 Å². The fourth-order valence-electron chi connectivity index (χ4n) is 1.87. The minimum absolute atomic E-state index is 0.0622. The normalized spacial score (nSPS) is 14.9. The van der Waals surface area contributed by atoms with Crippen LogP contribution in [0.3, 0.4) is 0 Å². The third kappa shape index (κ3) is 5.39. The van der Waals surface area contributed by atoms with Gasteiger partial charge in [0.1, 0.15) is 0 Å². The minimum Gasteiger partial charge on any atom is -0.469 e. The summed E-state index contributed by atoms with van der Waals surface area (Å²) in [5, 5.41) is 0.0622. The van der Waals surface area contributed by atoms with Gasteiger partial charge in [0.2, 0.25) is 0 Å². The molecule has 0 amide bonds. The molecule has 0 rings (SSSR count). The quantitative estimate of drug-likeness (QED) is 0.266. The second-order valence-electron chi connectivity index (χ2n) is 7.60. The Balaban J connectivity index is 5.83. The first-order chi connectivity index (χ1) is 9.81. The van der Waals surface area contributed by atoms with Gasteiger partial charge < -0.3 is 9.16 Å². The maximum atomic E-state index is 12.2. The van der Waals surface area contributed by atoms with Crippen LogP contribution in [0, 0.1) is 15.3 Å². The second kappa shape index (κ2) is 7.98. The second-order valence-corrected chi connectivity index (χ2v) is 12.9. The predicted octanol–water partition coefficient (Wildman–Crippen LogP) is 4.92. The van der Waals surface area contributed by atoms with Crippen LogP contribution in [0.4, 0.5) is 0 Å². The van der Waals surface area contributed by atoms with E-state index in [9.17, 15) is 4.79 Å². The molecular formula is C17H29IO3Si. The molecule has 0 saturated carbocycles. The first-order valence-electron chi connectivity index (χ1n) is 7.35. The van der Waals surface area contributed by atoms with Gasteiger partial charge in [-0.2, -0.15) is 0 Å². The third-order valence-corrected chi connectivity index (χ3v) is 9.10. The summed E-state index contributed by atoms with van der Waals surface area (Å²) in [5.74, 6) is 2.67. The summed E-state index contributed by atoms with van der Waals surface area (Å²) in [6, 6.07) is 0. The number of hydrogen-bond acceptors (Lipinski definition) is 3. The minimum atomic E-state index is -2.04. The number of esters is 1. The average molecular weight is 436 g/mol. The molecule has 5 heteroatoms. The van der Waals surface area contributed by atoms with Crippen molar-refractivity contribution in [3.63, 3.8) is 0 Å². The molecule has 0 unspecified atom stereocenters. The molecule has 0 aliphatic rings. The fourth-order valence-corrected chi connectivity index (χ4v) is 3.45. The molecular weight excluding hydrogens is 407 g/mol. The largest absolute Gasteiger partial charge is 0.469 e. The molecule has 126 valence electrons. The first kappa shape index (κ1) is 21.7. The Morgan fingerprint density at radius 2 is 1.73 bits per heavy atom. The highest BCUT2D eigenvalue weighted by molar-refractivity contribution is 14.1. The standard InChI is InChI=1S/C17H29IO3Si/c1-13(11-10-12-18)14(17(5,6)15(19)20-7)21-22(8,9)16(2,3)4/h11,14H,1-9H3/b13-11-/t14-/m1/s1. The Bertz CT molecular complexity index is 490. The molecule has 0 bridgehead atoms. The highest BCUT2D eigenvalue weighted by atomic mass is 127. The monoisotopic (exact) mass is 436 g/mol. The van der Waals surface area contributed by atoms with Crippen molar-refractivity contribution in [1.82, 2.24) is 0 Å². The van der Waals surface area contributed by atoms with E-state index in [4.69, 9.17) is 9.16 Å². The summed E-state index contributed by atoms with van der Waals surface area (Å²) in [6.45, 7) is 16.6. The van der Waals surface area contributed by atoms with Crippen molar-refractivity contribution in [2.24, 2.45) is 5.41 Å². The number of rotatable bonds is 5. The van der Waals surface area contributed by atoms with Gasteiger partial charge in [-0.15, -0.1) is 0 Å². The van der Waals surface area contributed by atoms with E-state index in [0.717, 1.165) is 5.57 Å². The summed E-state index contributed by atoms with van der Waals surface area (Å²) in [4.78, 5) is 12.2. The molecule has 0 aromatic carbocycles. The molecule has 0 heterocycles. The van der Waals surface area contributed by atoms with Gasteiger partial charge in [0, 0.05) is 22.6 Å². The van der Waals surface area contributed by atoms with Crippen LogP contribution in [-0.4, -0.2) is 27.5 Å². The van der Waals surface area contributed by atoms with Crippen molar-refractivity contribution in [3.05, 3.63) is 11.6 Å². The lowest BCUT2D eigenvalue weighted by molar-refractivity contribution is -0.155. The number of hydrogen-bond donors (Lipinski definition) is 0. The van der Waals surface area contributed by atoms with Gasteiger partial charge >= 0.3 is 5.97 Å². The maximum Gasteiger partial charge on any atom is 0.314 e. The molecule has 0 fully saturated rings. The molecule has 1 atom stereocenters. The number of halogens is 1. The molecule has 0 radical (unpaired) electrons. The fraction of sp³-hybridized carbons (Fsp3) is 0.706. The van der Waals surface area contributed by atoms with Gasteiger partial charge in [-0.3, -0.25) is 4.79 Å². The van der Waals surface area contributed by atoms with Crippen LogP contribution in [-0.2, 0) is 14.0 Å². The van der Waals surface area contributed by atoms with E-state index in [0.29, 0.717) is 0 Å². The van der Waals surface area contributed by atoms with Gasteiger partial charge in [-0.05, 0) is 54.5 Å². The lowest BCUT2D eigenvalue weighted by Crippen LogP contribution is -2.50. The zero-order valence-corrected chi connectivity index (χ0v) is 18.4. The van der Waals surface area contributed by atoms with Crippen LogP contribution < -0.4 is 0 Å². The van der Waals surface area contributed by atoms with E-state index >= 15 is 0 Å². The van der Waals surface area contributed by atoms with Crippen LogP contribution in [0.15, 0.2) is 11.6 Å². The molecule has 3 nitrogen and oxygen atoms in total. The molecule has 22 heavy (non-hydrogen) atoms. The molecule has 0 aromatic rings. The van der Waals surface area contributed by atoms with Gasteiger partial charge in [0.15, 0.2) is 8.32 Å². The van der Waals surface area contributed by atoms with Crippen LogP contribution in [0.5, 0.6) is 0 Å². The van der Waals surface area contributed by atoms with Crippen molar-refractivity contribution in [1.29, 1.82) is 0 Å². The Morgan fingerprint density at radius 1 is 1.23 bits per heavy atom. The summed E-state index contributed by atoms with van der Waals surface area (Å²) >= 11 is 2.00. The van der Waals surface area contributed by atoms with Crippen LogP contribution >= 0.6 is 22.6 Å². The van der Waals surface area contributed by atoms with Crippen LogP contribution in [0.1, 0.15) is 41.5 Å². The molecule has 0 aliphatic heterocycles. The van der Waals surface area contributed by atoms with E-state index in [1.807, 2.05) is 49.4 Å². The maximum absolute atomic E-state index is 12.2. The number of carbonyl (C=O) groups is 1. The average Bonchev–Trinajstić information content (AvgIpc) is 2.39. The lowest BCUT2D eigenvalue weighted by atomic mass is 9.83. The summed E-state index contributed by atoms with van der Waals surface area (Å²) in [6.07, 6.45) is 1.48. The number of allylic oxidation sites excluding steroid dienone is 1. The lowest BCUT2D eigenvalue weighted by Gasteiger charge is -2.43. The van der Waals surface area contributed by atoms with Crippen molar-refractivity contribution in [3.8, 4) is 9.85 Å². The molecule has 0 spiro atoms. The SMILES string of the molecule is COC(=O)C(C)(C)[C@H](O[Si](C)(C)C(C)(C)C)/C(C)=C\C#CI. The smallest absolute Gasteiger partial charge is 0.314 e. The van der Waals surface area contributed by atoms with Crippen LogP contribution in [0.2, 0.25) is 18.1 Å². The van der Waals surface area contributed by atoms with E-state index in [1.54, 1.807) is 0 Å². The third-order valence-electron chi connectivity index (χ3n) is 4.35. The number of carbonyl (C=O) groups excluding carboxylic acids is 1. The highest BCUT2D eigenvalue weighted by Gasteiger charge is 2.46. The van der Waals surface area contributed by atoms with E-state index in [2.05, 4.69) is 43.7 Å². The van der Waals surface area contributed by atoms with Gasteiger partial charge in [0.05, 0.1) is 18.6 Å². The number of ether oxygens (including phenoxy) is 1. The Kier molecular flexibility index (Phi) is 7.86. The zero-order chi connectivity index (χ0) is 17.8. The van der Waals surface area contributed by atoms with Crippen molar-refractivity contribution < 1.29 is 14.0 Å². The summed E-state index contributed by atoms with van der Waals surface area (Å²) in [5.41, 5.74) is 0.182. The molecule has 0 aliphatic carbocycles. The zero-order valence-electron chi connectivity index (χ0n) is 15.3. The van der Waals surface area contributed by atoms with E-state index in [1.165, 1.54) is 7.11 Å². The van der Waals surface area contributed by atoms with Gasteiger partial charge in [-0.25, -0.2) is 0 Å². The van der Waals surface area contributed by atoms with Gasteiger partial charge in [-0.1, -0.05) is 26.7 Å². The Morgan fingerprint density at radius 3 is 2.09 bits per heavy atom. The number of methoxy groups -OCH3 is 1. The Labute approximate surface area is 150 Å². The predicted molar refractivity (Wildman–Crippen MR) is 103 cm³/mol. The molecule has 0 aromatic heterocycles. The molecule has 0 N–H and O–H groups in total. The molecule has 0 saturated heterocycles. The first-order valence-corrected chi connectivity index (χ1v) is 11.3. The van der Waals surface area contributed by atoms with Crippen molar-refractivity contribution >= 4 is 36.9 Å². The topological polar surface area (TPSA) is 35.5 Å².